The maximum absolute atomic E-state index is 5.81. The van der Waals surface area contributed by atoms with Crippen LogP contribution in [0.5, 0.6) is 5.75 Å². The number of aliphatic imine (C=N–C) groups is 1. The molecule has 8 heteroatoms. The van der Waals surface area contributed by atoms with Gasteiger partial charge in [0, 0.05) is 45.2 Å². The van der Waals surface area contributed by atoms with Gasteiger partial charge in [-0.15, -0.1) is 24.0 Å². The summed E-state index contributed by atoms with van der Waals surface area (Å²) in [7, 11) is 1.68. The molecule has 0 bridgehead atoms. The summed E-state index contributed by atoms with van der Waals surface area (Å²) < 4.78 is 13.2. The number of ether oxygens (including phenoxy) is 2. The molecule has 2 atom stereocenters. The van der Waals surface area contributed by atoms with Crippen LogP contribution in [0.2, 0.25) is 0 Å². The first kappa shape index (κ1) is 25.5. The summed E-state index contributed by atoms with van der Waals surface area (Å²) in [5.41, 5.74) is 1.15. The number of nitrogens with one attached hydrogen (secondary N) is 1. The Morgan fingerprint density at radius 2 is 2.10 bits per heavy atom. The van der Waals surface area contributed by atoms with Gasteiger partial charge in [-0.3, -0.25) is 4.99 Å². The average molecular weight is 541 g/mol. The molecular weight excluding hydrogens is 505 g/mol. The summed E-state index contributed by atoms with van der Waals surface area (Å²) in [5.74, 6) is 2.50. The van der Waals surface area contributed by atoms with E-state index in [4.69, 9.17) is 14.5 Å². The minimum atomic E-state index is 0. The molecule has 2 heterocycles. The molecule has 0 aliphatic carbocycles. The van der Waals surface area contributed by atoms with Crippen molar-refractivity contribution in [3.05, 3.63) is 48.5 Å². The zero-order chi connectivity index (χ0) is 21.2. The number of aromatic nitrogens is 2. The van der Waals surface area contributed by atoms with Gasteiger partial charge in [-0.05, 0) is 43.4 Å². The highest BCUT2D eigenvalue weighted by Gasteiger charge is 2.28. The largest absolute Gasteiger partial charge is 0.497 e. The highest BCUT2D eigenvalue weighted by atomic mass is 127. The minimum Gasteiger partial charge on any atom is -0.497 e. The van der Waals surface area contributed by atoms with Gasteiger partial charge in [-0.1, -0.05) is 19.1 Å². The molecule has 1 aliphatic heterocycles. The first-order chi connectivity index (χ1) is 14.7. The number of hydrogen-bond donors (Lipinski definition) is 1. The Morgan fingerprint density at radius 3 is 2.77 bits per heavy atom. The van der Waals surface area contributed by atoms with Crippen molar-refractivity contribution in [2.45, 2.75) is 39.3 Å². The van der Waals surface area contributed by atoms with Crippen LogP contribution in [0.3, 0.4) is 0 Å². The molecule has 2 unspecified atom stereocenters. The van der Waals surface area contributed by atoms with Gasteiger partial charge in [-0.2, -0.15) is 0 Å². The lowest BCUT2D eigenvalue weighted by Crippen LogP contribution is -2.49. The van der Waals surface area contributed by atoms with Crippen LogP contribution in [0.4, 0.5) is 0 Å². The van der Waals surface area contributed by atoms with Gasteiger partial charge in [-0.25, -0.2) is 4.98 Å². The maximum Gasteiger partial charge on any atom is 0.193 e. The smallest absolute Gasteiger partial charge is 0.193 e. The summed E-state index contributed by atoms with van der Waals surface area (Å²) >= 11 is 0. The number of rotatable bonds is 9. The van der Waals surface area contributed by atoms with Crippen LogP contribution < -0.4 is 10.1 Å². The van der Waals surface area contributed by atoms with Gasteiger partial charge >= 0.3 is 0 Å². The Kier molecular flexibility index (Phi) is 11.1. The monoisotopic (exact) mass is 541 g/mol. The molecule has 0 saturated carbocycles. The van der Waals surface area contributed by atoms with Crippen molar-refractivity contribution in [2.75, 3.05) is 39.9 Å². The fraction of sp³-hybridized carbons (Fsp3) is 0.565. The lowest BCUT2D eigenvalue weighted by Gasteiger charge is -2.39. The SMILES string of the molecule is CCNC(=NCCCOCc1ccc(OC)cc1)N1CCC(C)C(n2ccnc2)C1.I. The van der Waals surface area contributed by atoms with E-state index in [1.165, 1.54) is 0 Å². The number of imidazole rings is 1. The normalized spacial score (nSPS) is 19.1. The molecule has 0 amide bonds. The van der Waals surface area contributed by atoms with Crippen molar-refractivity contribution in [3.63, 3.8) is 0 Å². The first-order valence-electron chi connectivity index (χ1n) is 10.9. The van der Waals surface area contributed by atoms with Crippen LogP contribution in [0.15, 0.2) is 48.0 Å². The molecular formula is C23H36IN5O2. The van der Waals surface area contributed by atoms with E-state index in [-0.39, 0.29) is 24.0 Å². The molecule has 1 N–H and O–H groups in total. The van der Waals surface area contributed by atoms with E-state index in [1.54, 1.807) is 7.11 Å². The second-order valence-corrected chi connectivity index (χ2v) is 7.78. The lowest BCUT2D eigenvalue weighted by molar-refractivity contribution is 0.120. The zero-order valence-corrected chi connectivity index (χ0v) is 21.2. The Bertz CT molecular complexity index is 767. The fourth-order valence-corrected chi connectivity index (χ4v) is 3.78. The summed E-state index contributed by atoms with van der Waals surface area (Å²) in [6, 6.07) is 8.42. The number of likely N-dealkylation sites (tertiary alicyclic amines) is 1. The number of nitrogens with zero attached hydrogens (tertiary/aromatic N) is 4. The molecule has 1 saturated heterocycles. The molecule has 2 aromatic rings. The van der Waals surface area contributed by atoms with E-state index >= 15 is 0 Å². The predicted molar refractivity (Wildman–Crippen MR) is 135 cm³/mol. The van der Waals surface area contributed by atoms with Crippen molar-refractivity contribution in [2.24, 2.45) is 10.9 Å². The summed E-state index contributed by atoms with van der Waals surface area (Å²) in [4.78, 5) is 11.5. The second-order valence-electron chi connectivity index (χ2n) is 7.78. The summed E-state index contributed by atoms with van der Waals surface area (Å²) in [5, 5.41) is 3.46. The third-order valence-electron chi connectivity index (χ3n) is 5.60. The topological polar surface area (TPSA) is 63.9 Å². The molecule has 0 spiro atoms. The zero-order valence-electron chi connectivity index (χ0n) is 18.9. The van der Waals surface area contributed by atoms with E-state index in [2.05, 4.69) is 39.8 Å². The van der Waals surface area contributed by atoms with Gasteiger partial charge < -0.3 is 24.3 Å². The predicted octanol–water partition coefficient (Wildman–Crippen LogP) is 3.97. The lowest BCUT2D eigenvalue weighted by atomic mass is 9.93. The Labute approximate surface area is 203 Å². The van der Waals surface area contributed by atoms with Crippen LogP contribution in [0.25, 0.3) is 0 Å². The number of piperidine rings is 1. The van der Waals surface area contributed by atoms with Gasteiger partial charge in [0.2, 0.25) is 0 Å². The van der Waals surface area contributed by atoms with Crippen molar-refractivity contribution in [1.29, 1.82) is 0 Å². The highest BCUT2D eigenvalue weighted by Crippen LogP contribution is 2.27. The summed E-state index contributed by atoms with van der Waals surface area (Å²) in [6.45, 7) is 9.37. The molecule has 0 radical (unpaired) electrons. The quantitative estimate of drug-likeness (QED) is 0.225. The summed E-state index contributed by atoms with van der Waals surface area (Å²) in [6.07, 6.45) is 7.90. The number of guanidine groups is 1. The number of halogens is 1. The average Bonchev–Trinajstić information content (AvgIpc) is 3.31. The van der Waals surface area contributed by atoms with E-state index in [0.29, 0.717) is 25.2 Å². The number of hydrogen-bond acceptors (Lipinski definition) is 4. The van der Waals surface area contributed by atoms with Crippen molar-refractivity contribution >= 4 is 29.9 Å². The molecule has 31 heavy (non-hydrogen) atoms. The van der Waals surface area contributed by atoms with Crippen LogP contribution in [-0.4, -0.2) is 60.3 Å². The molecule has 1 fully saturated rings. The van der Waals surface area contributed by atoms with Crippen molar-refractivity contribution in [1.82, 2.24) is 19.8 Å². The minimum absolute atomic E-state index is 0. The highest BCUT2D eigenvalue weighted by molar-refractivity contribution is 14.0. The van der Waals surface area contributed by atoms with Crippen LogP contribution >= 0.6 is 24.0 Å². The molecule has 1 aromatic heterocycles. The third kappa shape index (κ3) is 7.68. The standard InChI is InChI=1S/C23H35N5O2.HI/c1-4-25-23(27-13-10-19(2)22(16-27)28-14-12-24-18-28)26-11-5-15-30-17-20-6-8-21(29-3)9-7-20;/h6-9,12,14,18-19,22H,4-5,10-11,13,15-17H2,1-3H3,(H,25,26);1H. The van der Waals surface area contributed by atoms with Crippen LogP contribution in [0, 0.1) is 5.92 Å². The van der Waals surface area contributed by atoms with E-state index in [1.807, 2.05) is 36.8 Å². The van der Waals surface area contributed by atoms with Crippen molar-refractivity contribution < 1.29 is 9.47 Å². The second kappa shape index (κ2) is 13.6. The van der Waals surface area contributed by atoms with Crippen LogP contribution in [0.1, 0.15) is 38.3 Å². The number of benzene rings is 1. The van der Waals surface area contributed by atoms with Gasteiger partial charge in [0.05, 0.1) is 26.1 Å². The van der Waals surface area contributed by atoms with E-state index in [9.17, 15) is 0 Å². The maximum atomic E-state index is 5.81. The molecule has 3 rings (SSSR count). The Morgan fingerprint density at radius 1 is 1.29 bits per heavy atom. The van der Waals surface area contributed by atoms with Gasteiger partial charge in [0.15, 0.2) is 5.96 Å². The Balaban J connectivity index is 0.00000341. The molecule has 172 valence electrons. The van der Waals surface area contributed by atoms with E-state index in [0.717, 1.165) is 56.3 Å². The third-order valence-corrected chi connectivity index (χ3v) is 5.60. The fourth-order valence-electron chi connectivity index (χ4n) is 3.78. The van der Waals surface area contributed by atoms with E-state index < -0.39 is 0 Å². The molecule has 7 nitrogen and oxygen atoms in total. The molecule has 1 aliphatic rings. The van der Waals surface area contributed by atoms with Crippen molar-refractivity contribution in [3.8, 4) is 5.75 Å². The number of methoxy groups -OCH3 is 1. The van der Waals surface area contributed by atoms with Gasteiger partial charge in [0.1, 0.15) is 5.75 Å². The Hall–Kier alpha value is -1.81. The first-order valence-corrected chi connectivity index (χ1v) is 10.9. The van der Waals surface area contributed by atoms with Gasteiger partial charge in [0.25, 0.3) is 0 Å². The molecule has 1 aromatic carbocycles. The van der Waals surface area contributed by atoms with Crippen LogP contribution in [-0.2, 0) is 11.3 Å².